The first-order valence-corrected chi connectivity index (χ1v) is 7.75. The molecule has 122 valence electrons. The van der Waals surface area contributed by atoms with Crippen molar-refractivity contribution in [2.75, 3.05) is 26.0 Å². The maximum absolute atomic E-state index is 12.4. The summed E-state index contributed by atoms with van der Waals surface area (Å²) in [5, 5.41) is 3.24. The van der Waals surface area contributed by atoms with E-state index >= 15 is 0 Å². The molecule has 1 N–H and O–H groups in total. The van der Waals surface area contributed by atoms with Crippen molar-refractivity contribution in [3.8, 4) is 5.75 Å². The van der Waals surface area contributed by atoms with E-state index in [-0.39, 0.29) is 5.91 Å². The smallest absolute Gasteiger partial charge is 0.255 e. The van der Waals surface area contributed by atoms with Gasteiger partial charge in [-0.1, -0.05) is 19.4 Å². The number of anilines is 2. The van der Waals surface area contributed by atoms with Crippen LogP contribution >= 0.6 is 0 Å². The zero-order valence-corrected chi connectivity index (χ0v) is 13.9. The average molecular weight is 313 g/mol. The van der Waals surface area contributed by atoms with Crippen LogP contribution < -0.4 is 10.1 Å². The minimum absolute atomic E-state index is 0.0137. The largest absolute Gasteiger partial charge is 0.497 e. The summed E-state index contributed by atoms with van der Waals surface area (Å²) in [5.74, 6) is 0.759. The first kappa shape index (κ1) is 16.8. The van der Waals surface area contributed by atoms with Gasteiger partial charge in [-0.3, -0.25) is 9.78 Å². The molecule has 2 aromatic rings. The van der Waals surface area contributed by atoms with Gasteiger partial charge in [0.25, 0.3) is 5.91 Å². The summed E-state index contributed by atoms with van der Waals surface area (Å²) in [5.41, 5.74) is 2.24. The third-order valence-corrected chi connectivity index (χ3v) is 3.54. The molecule has 5 nitrogen and oxygen atoms in total. The second kappa shape index (κ2) is 8.17. The van der Waals surface area contributed by atoms with E-state index in [4.69, 9.17) is 4.74 Å². The molecule has 23 heavy (non-hydrogen) atoms. The Morgan fingerprint density at radius 1 is 1.26 bits per heavy atom. The lowest BCUT2D eigenvalue weighted by atomic mass is 10.2. The van der Waals surface area contributed by atoms with Crippen LogP contribution in [0.3, 0.4) is 0 Å². The van der Waals surface area contributed by atoms with E-state index in [0.29, 0.717) is 5.56 Å². The molecule has 0 atom stereocenters. The van der Waals surface area contributed by atoms with Crippen LogP contribution in [0.15, 0.2) is 42.7 Å². The van der Waals surface area contributed by atoms with Gasteiger partial charge in [0, 0.05) is 31.5 Å². The molecule has 0 radical (unpaired) electrons. The molecule has 0 aliphatic heterocycles. The summed E-state index contributed by atoms with van der Waals surface area (Å²) < 4.78 is 5.21. The van der Waals surface area contributed by atoms with Crippen LogP contribution in [0.1, 0.15) is 30.1 Å². The number of unbranched alkanes of at least 4 members (excludes halogenated alkanes) is 1. The number of amides is 1. The number of aromatic nitrogens is 1. The summed E-state index contributed by atoms with van der Waals surface area (Å²) in [6, 6.07) is 9.43. The van der Waals surface area contributed by atoms with Gasteiger partial charge in [0.2, 0.25) is 0 Å². The summed E-state index contributed by atoms with van der Waals surface area (Å²) in [6.45, 7) is 2.86. The predicted octanol–water partition coefficient (Wildman–Crippen LogP) is 3.71. The van der Waals surface area contributed by atoms with E-state index in [2.05, 4.69) is 17.2 Å². The normalized spacial score (nSPS) is 10.2. The molecule has 0 saturated heterocycles. The third-order valence-electron chi connectivity index (χ3n) is 3.54. The Balaban J connectivity index is 2.11. The molecule has 0 aliphatic rings. The van der Waals surface area contributed by atoms with E-state index in [1.54, 1.807) is 24.4 Å². The van der Waals surface area contributed by atoms with Gasteiger partial charge in [-0.15, -0.1) is 0 Å². The van der Waals surface area contributed by atoms with Crippen molar-refractivity contribution in [2.45, 2.75) is 19.8 Å². The Kier molecular flexibility index (Phi) is 5.97. The SMILES string of the molecule is CCCCN(C)C(=O)c1cncc(Nc2cccc(OC)c2)c1. The lowest BCUT2D eigenvalue weighted by Crippen LogP contribution is -2.27. The van der Waals surface area contributed by atoms with Gasteiger partial charge in [-0.2, -0.15) is 0 Å². The molecule has 0 saturated carbocycles. The molecule has 1 amide bonds. The third kappa shape index (κ3) is 4.71. The number of benzene rings is 1. The maximum atomic E-state index is 12.4. The number of methoxy groups -OCH3 is 1. The standard InChI is InChI=1S/C18H23N3O2/c1-4-5-9-21(2)18(22)14-10-16(13-19-12-14)20-15-7-6-8-17(11-15)23-3/h6-8,10-13,20H,4-5,9H2,1-3H3. The Morgan fingerprint density at radius 3 is 2.83 bits per heavy atom. The lowest BCUT2D eigenvalue weighted by Gasteiger charge is -2.17. The molecule has 5 heteroatoms. The summed E-state index contributed by atoms with van der Waals surface area (Å²) >= 11 is 0. The summed E-state index contributed by atoms with van der Waals surface area (Å²) in [6.07, 6.45) is 5.36. The Morgan fingerprint density at radius 2 is 2.09 bits per heavy atom. The van der Waals surface area contributed by atoms with Gasteiger partial charge in [0.1, 0.15) is 5.75 Å². The summed E-state index contributed by atoms with van der Waals surface area (Å²) in [4.78, 5) is 18.3. The van der Waals surface area contributed by atoms with E-state index in [0.717, 1.165) is 36.5 Å². The number of nitrogens with zero attached hydrogens (tertiary/aromatic N) is 2. The van der Waals surface area contributed by atoms with Gasteiger partial charge in [0.15, 0.2) is 0 Å². The topological polar surface area (TPSA) is 54.5 Å². The first-order chi connectivity index (χ1) is 11.1. The molecule has 0 spiro atoms. The lowest BCUT2D eigenvalue weighted by molar-refractivity contribution is 0.0793. The van der Waals surface area contributed by atoms with Crippen molar-refractivity contribution in [1.29, 1.82) is 0 Å². The van der Waals surface area contributed by atoms with E-state index in [1.807, 2.05) is 37.4 Å². The highest BCUT2D eigenvalue weighted by molar-refractivity contribution is 5.94. The Hall–Kier alpha value is -2.56. The maximum Gasteiger partial charge on any atom is 0.255 e. The van der Waals surface area contributed by atoms with Crippen molar-refractivity contribution < 1.29 is 9.53 Å². The molecule has 2 rings (SSSR count). The number of carbonyl (C=O) groups is 1. The molecule has 1 aromatic heterocycles. The fourth-order valence-corrected chi connectivity index (χ4v) is 2.21. The van der Waals surface area contributed by atoms with Crippen molar-refractivity contribution in [3.63, 3.8) is 0 Å². The van der Waals surface area contributed by atoms with E-state index in [9.17, 15) is 4.79 Å². The monoisotopic (exact) mass is 313 g/mol. The van der Waals surface area contributed by atoms with Gasteiger partial charge in [-0.05, 0) is 24.6 Å². The van der Waals surface area contributed by atoms with Gasteiger partial charge in [-0.25, -0.2) is 0 Å². The number of carbonyl (C=O) groups excluding carboxylic acids is 1. The molecule has 1 aromatic carbocycles. The van der Waals surface area contributed by atoms with Gasteiger partial charge >= 0.3 is 0 Å². The molecule has 0 bridgehead atoms. The molecule has 0 aliphatic carbocycles. The molecule has 0 fully saturated rings. The summed E-state index contributed by atoms with van der Waals surface area (Å²) in [7, 11) is 3.45. The Bertz CT molecular complexity index is 658. The molecule has 0 unspecified atom stereocenters. The highest BCUT2D eigenvalue weighted by atomic mass is 16.5. The zero-order valence-electron chi connectivity index (χ0n) is 13.9. The quantitative estimate of drug-likeness (QED) is 0.846. The van der Waals surface area contributed by atoms with Crippen molar-refractivity contribution in [1.82, 2.24) is 9.88 Å². The molecular formula is C18H23N3O2. The number of pyridine rings is 1. The van der Waals surface area contributed by atoms with Crippen LogP contribution in [-0.2, 0) is 0 Å². The molecule has 1 heterocycles. The number of hydrogen-bond donors (Lipinski definition) is 1. The second-order valence-electron chi connectivity index (χ2n) is 5.40. The number of hydrogen-bond acceptors (Lipinski definition) is 4. The predicted molar refractivity (Wildman–Crippen MR) is 92.4 cm³/mol. The van der Waals surface area contributed by atoms with Gasteiger partial charge < -0.3 is 15.0 Å². The van der Waals surface area contributed by atoms with Crippen LogP contribution in [0.4, 0.5) is 11.4 Å². The number of nitrogens with one attached hydrogen (secondary N) is 1. The number of ether oxygens (including phenoxy) is 1. The minimum atomic E-state index is -0.0137. The van der Waals surface area contributed by atoms with Crippen LogP contribution in [0.5, 0.6) is 5.75 Å². The average Bonchev–Trinajstić information content (AvgIpc) is 2.59. The fourth-order valence-electron chi connectivity index (χ4n) is 2.21. The van der Waals surface area contributed by atoms with Crippen LogP contribution in [0.25, 0.3) is 0 Å². The first-order valence-electron chi connectivity index (χ1n) is 7.75. The van der Waals surface area contributed by atoms with Crippen molar-refractivity contribution >= 4 is 17.3 Å². The van der Waals surface area contributed by atoms with Crippen molar-refractivity contribution in [3.05, 3.63) is 48.3 Å². The van der Waals surface area contributed by atoms with Crippen LogP contribution in [0.2, 0.25) is 0 Å². The second-order valence-corrected chi connectivity index (χ2v) is 5.40. The molecular weight excluding hydrogens is 290 g/mol. The Labute approximate surface area is 137 Å². The van der Waals surface area contributed by atoms with Gasteiger partial charge in [0.05, 0.1) is 24.6 Å². The highest BCUT2D eigenvalue weighted by Gasteiger charge is 2.12. The number of rotatable bonds is 7. The minimum Gasteiger partial charge on any atom is -0.497 e. The van der Waals surface area contributed by atoms with E-state index < -0.39 is 0 Å². The van der Waals surface area contributed by atoms with Crippen molar-refractivity contribution in [2.24, 2.45) is 0 Å². The highest BCUT2D eigenvalue weighted by Crippen LogP contribution is 2.21. The van der Waals surface area contributed by atoms with Crippen LogP contribution in [-0.4, -0.2) is 36.5 Å². The van der Waals surface area contributed by atoms with E-state index in [1.165, 1.54) is 0 Å². The van der Waals surface area contributed by atoms with Crippen LogP contribution in [0, 0.1) is 0 Å². The zero-order chi connectivity index (χ0) is 16.7. The fraction of sp³-hybridized carbons (Fsp3) is 0.333.